The molecular formula is C33H34N2. The molecule has 0 unspecified atom stereocenters. The van der Waals surface area contributed by atoms with Crippen LogP contribution in [0.5, 0.6) is 0 Å². The number of hydrogen-bond donors (Lipinski definition) is 0. The van der Waals surface area contributed by atoms with Crippen LogP contribution in [-0.4, -0.2) is 11.4 Å². The van der Waals surface area contributed by atoms with Gasteiger partial charge in [-0.2, -0.15) is 0 Å². The van der Waals surface area contributed by atoms with Gasteiger partial charge < -0.3 is 0 Å². The predicted molar refractivity (Wildman–Crippen MR) is 151 cm³/mol. The van der Waals surface area contributed by atoms with Crippen molar-refractivity contribution in [2.75, 3.05) is 0 Å². The van der Waals surface area contributed by atoms with E-state index in [1.807, 2.05) is 36.4 Å². The van der Waals surface area contributed by atoms with Crippen LogP contribution in [0.3, 0.4) is 0 Å². The number of aliphatic imine (C=N–C) groups is 2. The summed E-state index contributed by atoms with van der Waals surface area (Å²) in [6.45, 7) is 8.97. The molecule has 0 amide bonds. The zero-order valence-electron chi connectivity index (χ0n) is 21.1. The highest BCUT2D eigenvalue weighted by molar-refractivity contribution is 6.19. The summed E-state index contributed by atoms with van der Waals surface area (Å²) < 4.78 is 0. The van der Waals surface area contributed by atoms with Gasteiger partial charge in [-0.25, -0.2) is 0 Å². The van der Waals surface area contributed by atoms with Crippen molar-refractivity contribution >= 4 is 22.8 Å². The maximum absolute atomic E-state index is 5.41. The van der Waals surface area contributed by atoms with Gasteiger partial charge in [-0.1, -0.05) is 125 Å². The summed E-state index contributed by atoms with van der Waals surface area (Å²) in [4.78, 5) is 10.5. The SMILES string of the molecule is CC(C)c1cccc(C(C)C)c1/N=C(\C/C(=N\c1ccccc1)c1ccccc1)c1ccccc1. The molecule has 0 bridgehead atoms. The lowest BCUT2D eigenvalue weighted by atomic mass is 9.92. The number of para-hydroxylation sites is 2. The van der Waals surface area contributed by atoms with Crippen LogP contribution in [0.25, 0.3) is 0 Å². The maximum Gasteiger partial charge on any atom is 0.0702 e. The van der Waals surface area contributed by atoms with E-state index in [1.54, 1.807) is 0 Å². The Hall–Kier alpha value is -3.78. The molecule has 0 saturated heterocycles. The van der Waals surface area contributed by atoms with Crippen LogP contribution in [-0.2, 0) is 0 Å². The molecular weight excluding hydrogens is 424 g/mol. The van der Waals surface area contributed by atoms with Gasteiger partial charge >= 0.3 is 0 Å². The monoisotopic (exact) mass is 458 g/mol. The highest BCUT2D eigenvalue weighted by atomic mass is 14.8. The molecule has 4 aromatic rings. The lowest BCUT2D eigenvalue weighted by Crippen LogP contribution is -2.11. The Morgan fingerprint density at radius 3 is 1.40 bits per heavy atom. The lowest BCUT2D eigenvalue weighted by Gasteiger charge is -2.18. The normalized spacial score (nSPS) is 12.4. The summed E-state index contributed by atoms with van der Waals surface area (Å²) in [7, 11) is 0. The third-order valence-electron chi connectivity index (χ3n) is 6.16. The van der Waals surface area contributed by atoms with E-state index in [1.165, 1.54) is 11.1 Å². The van der Waals surface area contributed by atoms with Gasteiger partial charge in [0.25, 0.3) is 0 Å². The van der Waals surface area contributed by atoms with E-state index in [-0.39, 0.29) is 0 Å². The van der Waals surface area contributed by atoms with Crippen molar-refractivity contribution < 1.29 is 0 Å². The average Bonchev–Trinajstić information content (AvgIpc) is 2.89. The van der Waals surface area contributed by atoms with Crippen molar-refractivity contribution in [3.05, 3.63) is 131 Å². The fourth-order valence-corrected chi connectivity index (χ4v) is 4.27. The standard InChI is InChI=1S/C33H34N2/c1-24(2)29-21-14-22-30(25(3)4)33(29)35-32(27-17-10-6-11-18-27)23-31(26-15-8-5-9-16-26)34-28-19-12-7-13-20-28/h5-22,24-25H,23H2,1-4H3/b34-31+,35-32+. The van der Waals surface area contributed by atoms with Gasteiger partial charge in [0, 0.05) is 6.42 Å². The minimum Gasteiger partial charge on any atom is -0.252 e. The van der Waals surface area contributed by atoms with Crippen LogP contribution in [0, 0.1) is 0 Å². The second kappa shape index (κ2) is 11.6. The molecule has 0 aliphatic carbocycles. The largest absolute Gasteiger partial charge is 0.252 e. The predicted octanol–water partition coefficient (Wildman–Crippen LogP) is 9.27. The van der Waals surface area contributed by atoms with Crippen molar-refractivity contribution in [3.8, 4) is 0 Å². The minimum absolute atomic E-state index is 0.385. The fraction of sp³-hybridized carbons (Fsp3) is 0.212. The van der Waals surface area contributed by atoms with Crippen molar-refractivity contribution in [3.63, 3.8) is 0 Å². The van der Waals surface area contributed by atoms with Crippen LogP contribution in [0.2, 0.25) is 0 Å². The zero-order valence-corrected chi connectivity index (χ0v) is 21.1. The molecule has 0 aliphatic rings. The quantitative estimate of drug-likeness (QED) is 0.235. The first-order chi connectivity index (χ1) is 17.0. The van der Waals surface area contributed by atoms with Gasteiger partial charge in [-0.05, 0) is 46.2 Å². The Bertz CT molecular complexity index is 1260. The second-order valence-corrected chi connectivity index (χ2v) is 9.46. The zero-order chi connectivity index (χ0) is 24.6. The number of nitrogens with zero attached hydrogens (tertiary/aromatic N) is 2. The van der Waals surface area contributed by atoms with Gasteiger partial charge in [-0.3, -0.25) is 9.98 Å². The second-order valence-electron chi connectivity index (χ2n) is 9.46. The van der Waals surface area contributed by atoms with Gasteiger partial charge in [0.1, 0.15) is 0 Å². The molecule has 0 N–H and O–H groups in total. The summed E-state index contributed by atoms with van der Waals surface area (Å²) in [6, 6.07) is 37.7. The molecule has 0 radical (unpaired) electrons. The van der Waals surface area contributed by atoms with E-state index in [9.17, 15) is 0 Å². The van der Waals surface area contributed by atoms with Gasteiger partial charge in [0.05, 0.1) is 22.8 Å². The number of benzene rings is 4. The van der Waals surface area contributed by atoms with Crippen LogP contribution < -0.4 is 0 Å². The first-order valence-corrected chi connectivity index (χ1v) is 12.5. The summed E-state index contributed by atoms with van der Waals surface area (Å²) >= 11 is 0. The molecule has 2 nitrogen and oxygen atoms in total. The van der Waals surface area contributed by atoms with E-state index in [0.717, 1.165) is 33.9 Å². The summed E-state index contributed by atoms with van der Waals surface area (Å²) in [5.74, 6) is 0.770. The Morgan fingerprint density at radius 1 is 0.514 bits per heavy atom. The average molecular weight is 459 g/mol. The lowest BCUT2D eigenvalue weighted by molar-refractivity contribution is 0.834. The van der Waals surface area contributed by atoms with Crippen LogP contribution >= 0.6 is 0 Å². The van der Waals surface area contributed by atoms with Crippen LogP contribution in [0.4, 0.5) is 11.4 Å². The van der Waals surface area contributed by atoms with Gasteiger partial charge in [0.15, 0.2) is 0 Å². The molecule has 4 aromatic carbocycles. The third-order valence-corrected chi connectivity index (χ3v) is 6.16. The van der Waals surface area contributed by atoms with E-state index in [0.29, 0.717) is 18.3 Å². The molecule has 2 heteroatoms. The topological polar surface area (TPSA) is 24.7 Å². The maximum atomic E-state index is 5.41. The molecule has 0 spiro atoms. The first-order valence-electron chi connectivity index (χ1n) is 12.5. The molecule has 0 aliphatic heterocycles. The van der Waals surface area contributed by atoms with Crippen molar-refractivity contribution in [1.82, 2.24) is 0 Å². The van der Waals surface area contributed by atoms with Crippen molar-refractivity contribution in [2.45, 2.75) is 46.0 Å². The molecule has 0 heterocycles. The van der Waals surface area contributed by atoms with Crippen LogP contribution in [0.15, 0.2) is 119 Å². The third kappa shape index (κ3) is 6.22. The van der Waals surface area contributed by atoms with E-state index >= 15 is 0 Å². The molecule has 0 atom stereocenters. The van der Waals surface area contributed by atoms with Crippen LogP contribution in [0.1, 0.15) is 68.2 Å². The Labute approximate surface area is 210 Å². The first kappa shape index (κ1) is 24.3. The summed E-state index contributed by atoms with van der Waals surface area (Å²) in [6.07, 6.45) is 0.632. The fourth-order valence-electron chi connectivity index (χ4n) is 4.27. The van der Waals surface area contributed by atoms with E-state index in [2.05, 4.69) is 100 Å². The molecule has 0 saturated carbocycles. The number of hydrogen-bond acceptors (Lipinski definition) is 2. The molecule has 176 valence electrons. The van der Waals surface area contributed by atoms with E-state index in [4.69, 9.17) is 9.98 Å². The minimum atomic E-state index is 0.385. The smallest absolute Gasteiger partial charge is 0.0702 e. The highest BCUT2D eigenvalue weighted by Crippen LogP contribution is 2.35. The Balaban J connectivity index is 1.90. The molecule has 0 fully saturated rings. The number of rotatable bonds is 8. The Morgan fingerprint density at radius 2 is 0.943 bits per heavy atom. The van der Waals surface area contributed by atoms with Gasteiger partial charge in [0.2, 0.25) is 0 Å². The van der Waals surface area contributed by atoms with Gasteiger partial charge in [-0.15, -0.1) is 0 Å². The van der Waals surface area contributed by atoms with Crippen molar-refractivity contribution in [2.24, 2.45) is 9.98 Å². The Kier molecular flexibility index (Phi) is 8.05. The molecule has 0 aromatic heterocycles. The summed E-state index contributed by atoms with van der Waals surface area (Å²) in [5.41, 5.74) is 8.88. The summed E-state index contributed by atoms with van der Waals surface area (Å²) in [5, 5.41) is 0. The highest BCUT2D eigenvalue weighted by Gasteiger charge is 2.17. The van der Waals surface area contributed by atoms with E-state index < -0.39 is 0 Å². The van der Waals surface area contributed by atoms with Crippen molar-refractivity contribution in [1.29, 1.82) is 0 Å². The molecule has 4 rings (SSSR count). The molecule has 35 heavy (non-hydrogen) atoms.